The monoisotopic (exact) mass is 295 g/mol. The molecule has 0 heterocycles. The Balaban J connectivity index is 2.00. The Hall–Kier alpha value is -1.39. The highest BCUT2D eigenvalue weighted by atomic mass is 16.5. The maximum atomic E-state index is 12.3. The molecule has 5 heteroatoms. The van der Waals surface area contributed by atoms with Gasteiger partial charge in [0, 0.05) is 18.8 Å². The minimum Gasteiger partial charge on any atom is -0.467 e. The predicted octanol–water partition coefficient (Wildman–Crippen LogP) is 1.98. The summed E-state index contributed by atoms with van der Waals surface area (Å²) in [4.78, 5) is 35.9. The molecular formula is C16H25NO4. The molecule has 5 nitrogen and oxygen atoms in total. The second kappa shape index (κ2) is 7.57. The van der Waals surface area contributed by atoms with Gasteiger partial charge in [-0.2, -0.15) is 0 Å². The molecule has 0 saturated heterocycles. The zero-order valence-electron chi connectivity index (χ0n) is 12.7. The van der Waals surface area contributed by atoms with E-state index in [9.17, 15) is 14.4 Å². The molecule has 0 aromatic heterocycles. The van der Waals surface area contributed by atoms with E-state index in [-0.39, 0.29) is 23.5 Å². The molecular weight excluding hydrogens is 270 g/mol. The van der Waals surface area contributed by atoms with Crippen LogP contribution in [-0.4, -0.2) is 30.8 Å². The highest BCUT2D eigenvalue weighted by Gasteiger charge is 2.35. The summed E-state index contributed by atoms with van der Waals surface area (Å²) in [5.41, 5.74) is 0. The quantitative estimate of drug-likeness (QED) is 0.805. The van der Waals surface area contributed by atoms with E-state index in [0.717, 1.165) is 38.5 Å². The van der Waals surface area contributed by atoms with Crippen molar-refractivity contribution in [2.45, 2.75) is 63.8 Å². The van der Waals surface area contributed by atoms with E-state index in [1.165, 1.54) is 13.5 Å². The SMILES string of the molecule is COC(=O)[C@H](NC(=O)C1CCCCC1)[C@H]1CCCC(=O)C1. The fraction of sp³-hybridized carbons (Fsp3) is 0.812. The zero-order valence-corrected chi connectivity index (χ0v) is 12.7. The summed E-state index contributed by atoms with van der Waals surface area (Å²) >= 11 is 0. The lowest BCUT2D eigenvalue weighted by atomic mass is 9.82. The molecule has 0 aromatic rings. The highest BCUT2D eigenvalue weighted by molar-refractivity contribution is 5.87. The molecule has 1 amide bonds. The van der Waals surface area contributed by atoms with Gasteiger partial charge in [-0.05, 0) is 31.6 Å². The maximum Gasteiger partial charge on any atom is 0.328 e. The van der Waals surface area contributed by atoms with Crippen LogP contribution in [0.4, 0.5) is 0 Å². The largest absolute Gasteiger partial charge is 0.467 e. The van der Waals surface area contributed by atoms with E-state index >= 15 is 0 Å². The van der Waals surface area contributed by atoms with Gasteiger partial charge in [-0.1, -0.05) is 19.3 Å². The standard InChI is InChI=1S/C16H25NO4/c1-21-16(20)14(12-8-5-9-13(18)10-12)17-15(19)11-6-3-2-4-7-11/h11-12,14H,2-10H2,1H3,(H,17,19)/t12-,14+/m0/s1. The Labute approximate surface area is 125 Å². The lowest BCUT2D eigenvalue weighted by Gasteiger charge is -2.30. The first kappa shape index (κ1) is 16.0. The number of Topliss-reactive ketones (excluding diaryl/α,β-unsaturated/α-hetero) is 1. The van der Waals surface area contributed by atoms with Gasteiger partial charge < -0.3 is 10.1 Å². The van der Waals surface area contributed by atoms with Crippen LogP contribution in [-0.2, 0) is 19.1 Å². The Morgan fingerprint density at radius 3 is 2.48 bits per heavy atom. The minimum atomic E-state index is -0.673. The third-order valence-electron chi connectivity index (χ3n) is 4.72. The van der Waals surface area contributed by atoms with Crippen molar-refractivity contribution >= 4 is 17.7 Å². The average Bonchev–Trinajstić information content (AvgIpc) is 2.52. The van der Waals surface area contributed by atoms with Gasteiger partial charge in [0.15, 0.2) is 0 Å². The molecule has 2 fully saturated rings. The van der Waals surface area contributed by atoms with Crippen LogP contribution >= 0.6 is 0 Å². The van der Waals surface area contributed by atoms with Crippen molar-refractivity contribution in [3.8, 4) is 0 Å². The Kier molecular flexibility index (Phi) is 5.76. The maximum absolute atomic E-state index is 12.3. The molecule has 0 unspecified atom stereocenters. The van der Waals surface area contributed by atoms with Crippen molar-refractivity contribution in [3.63, 3.8) is 0 Å². The first-order chi connectivity index (χ1) is 10.1. The van der Waals surface area contributed by atoms with Crippen molar-refractivity contribution in [2.24, 2.45) is 11.8 Å². The summed E-state index contributed by atoms with van der Waals surface area (Å²) in [7, 11) is 1.33. The fourth-order valence-electron chi connectivity index (χ4n) is 3.47. The van der Waals surface area contributed by atoms with Crippen LogP contribution in [0, 0.1) is 11.8 Å². The lowest BCUT2D eigenvalue weighted by Crippen LogP contribution is -2.49. The highest BCUT2D eigenvalue weighted by Crippen LogP contribution is 2.27. The number of carbonyl (C=O) groups excluding carboxylic acids is 3. The number of nitrogens with one attached hydrogen (secondary N) is 1. The Morgan fingerprint density at radius 1 is 1.14 bits per heavy atom. The summed E-state index contributed by atoms with van der Waals surface area (Å²) in [5, 5.41) is 2.86. The van der Waals surface area contributed by atoms with Gasteiger partial charge in [-0.3, -0.25) is 9.59 Å². The molecule has 0 spiro atoms. The molecule has 0 aromatic carbocycles. The molecule has 0 radical (unpaired) electrons. The summed E-state index contributed by atoms with van der Waals surface area (Å²) in [6, 6.07) is -0.673. The number of rotatable bonds is 4. The molecule has 2 aliphatic rings. The Morgan fingerprint density at radius 2 is 1.86 bits per heavy atom. The van der Waals surface area contributed by atoms with Gasteiger partial charge in [-0.15, -0.1) is 0 Å². The van der Waals surface area contributed by atoms with E-state index in [0.29, 0.717) is 12.8 Å². The molecule has 0 bridgehead atoms. The topological polar surface area (TPSA) is 72.5 Å². The molecule has 1 N–H and O–H groups in total. The molecule has 2 saturated carbocycles. The third kappa shape index (κ3) is 4.29. The fourth-order valence-corrected chi connectivity index (χ4v) is 3.47. The van der Waals surface area contributed by atoms with Crippen LogP contribution in [0.25, 0.3) is 0 Å². The summed E-state index contributed by atoms with van der Waals surface area (Å²) in [5.74, 6) is -0.425. The second-order valence-corrected chi connectivity index (χ2v) is 6.24. The van der Waals surface area contributed by atoms with E-state index in [2.05, 4.69) is 5.32 Å². The Bertz CT molecular complexity index is 401. The predicted molar refractivity (Wildman–Crippen MR) is 77.5 cm³/mol. The number of amides is 1. The molecule has 2 aliphatic carbocycles. The molecule has 118 valence electrons. The van der Waals surface area contributed by atoms with Crippen LogP contribution in [0.3, 0.4) is 0 Å². The number of hydrogen-bond donors (Lipinski definition) is 1. The van der Waals surface area contributed by atoms with Crippen LogP contribution in [0.1, 0.15) is 57.8 Å². The first-order valence-electron chi connectivity index (χ1n) is 8.01. The summed E-state index contributed by atoms with van der Waals surface area (Å²) in [6.45, 7) is 0. The van der Waals surface area contributed by atoms with Gasteiger partial charge in [0.25, 0.3) is 0 Å². The number of ether oxygens (including phenoxy) is 1. The van der Waals surface area contributed by atoms with Crippen molar-refractivity contribution in [2.75, 3.05) is 7.11 Å². The molecule has 2 atom stereocenters. The van der Waals surface area contributed by atoms with Gasteiger partial charge in [0.1, 0.15) is 11.8 Å². The van der Waals surface area contributed by atoms with Gasteiger partial charge in [-0.25, -0.2) is 4.79 Å². The average molecular weight is 295 g/mol. The van der Waals surface area contributed by atoms with Crippen molar-refractivity contribution in [3.05, 3.63) is 0 Å². The normalized spacial score (nSPS) is 25.2. The minimum absolute atomic E-state index is 0.00481. The molecule has 21 heavy (non-hydrogen) atoms. The van der Waals surface area contributed by atoms with Crippen LogP contribution < -0.4 is 5.32 Å². The number of carbonyl (C=O) groups is 3. The number of esters is 1. The van der Waals surface area contributed by atoms with E-state index in [4.69, 9.17) is 4.74 Å². The van der Waals surface area contributed by atoms with Crippen LogP contribution in [0.2, 0.25) is 0 Å². The second-order valence-electron chi connectivity index (χ2n) is 6.24. The lowest BCUT2D eigenvalue weighted by molar-refractivity contribution is -0.148. The molecule has 2 rings (SSSR count). The van der Waals surface area contributed by atoms with Crippen molar-refractivity contribution in [1.82, 2.24) is 5.32 Å². The number of hydrogen-bond acceptors (Lipinski definition) is 4. The first-order valence-corrected chi connectivity index (χ1v) is 8.01. The van der Waals surface area contributed by atoms with E-state index in [1.54, 1.807) is 0 Å². The molecule has 0 aliphatic heterocycles. The summed E-state index contributed by atoms with van der Waals surface area (Å²) in [6.07, 6.45) is 7.64. The third-order valence-corrected chi connectivity index (χ3v) is 4.72. The number of methoxy groups -OCH3 is 1. The smallest absolute Gasteiger partial charge is 0.328 e. The van der Waals surface area contributed by atoms with Crippen molar-refractivity contribution < 1.29 is 19.1 Å². The number of ketones is 1. The van der Waals surface area contributed by atoms with Crippen LogP contribution in [0.15, 0.2) is 0 Å². The van der Waals surface area contributed by atoms with Crippen LogP contribution in [0.5, 0.6) is 0 Å². The summed E-state index contributed by atoms with van der Waals surface area (Å²) < 4.78 is 4.82. The van der Waals surface area contributed by atoms with Gasteiger partial charge >= 0.3 is 5.97 Å². The van der Waals surface area contributed by atoms with Gasteiger partial charge in [0.2, 0.25) is 5.91 Å². The zero-order chi connectivity index (χ0) is 15.2. The van der Waals surface area contributed by atoms with E-state index in [1.807, 2.05) is 0 Å². The van der Waals surface area contributed by atoms with E-state index < -0.39 is 12.0 Å². The van der Waals surface area contributed by atoms with Gasteiger partial charge in [0.05, 0.1) is 7.11 Å². The van der Waals surface area contributed by atoms with Crippen molar-refractivity contribution in [1.29, 1.82) is 0 Å².